The molecule has 0 atom stereocenters. The second-order valence-corrected chi connectivity index (χ2v) is 4.07. The molecule has 0 aliphatic carbocycles. The summed E-state index contributed by atoms with van der Waals surface area (Å²) in [5, 5.41) is 37.4. The van der Waals surface area contributed by atoms with Crippen LogP contribution in [-0.2, 0) is 10.6 Å². The van der Waals surface area contributed by atoms with Gasteiger partial charge in [-0.05, 0) is 23.3 Å². The number of carboxylic acids is 1. The molecule has 0 saturated carbocycles. The first-order valence-electron chi connectivity index (χ1n) is 5.50. The number of benzene rings is 2. The molecule has 0 spiro atoms. The molecule has 98 valence electrons. The van der Waals surface area contributed by atoms with Gasteiger partial charge < -0.3 is 20.4 Å². The molecular formula is C14H12O5. The van der Waals surface area contributed by atoms with Crippen molar-refractivity contribution in [2.75, 3.05) is 0 Å². The van der Waals surface area contributed by atoms with Crippen molar-refractivity contribution in [3.05, 3.63) is 54.1 Å². The maximum Gasteiger partial charge on any atom is 0.369 e. The van der Waals surface area contributed by atoms with Gasteiger partial charge in [0.1, 0.15) is 5.75 Å². The van der Waals surface area contributed by atoms with Crippen molar-refractivity contribution in [1.29, 1.82) is 0 Å². The summed E-state index contributed by atoms with van der Waals surface area (Å²) in [5.74, 6) is -4.65. The lowest BCUT2D eigenvalue weighted by atomic mass is 9.94. The van der Waals surface area contributed by atoms with Gasteiger partial charge in [-0.15, -0.1) is 0 Å². The zero-order chi connectivity index (χ0) is 14.0. The Morgan fingerprint density at radius 2 is 1.53 bits per heavy atom. The maximum absolute atomic E-state index is 10.9. The molecule has 2 aromatic carbocycles. The Labute approximate surface area is 109 Å². The van der Waals surface area contributed by atoms with Gasteiger partial charge in [0.25, 0.3) is 5.79 Å². The van der Waals surface area contributed by atoms with Crippen molar-refractivity contribution in [2.24, 2.45) is 0 Å². The van der Waals surface area contributed by atoms with E-state index in [9.17, 15) is 20.1 Å². The first-order chi connectivity index (χ1) is 8.93. The van der Waals surface area contributed by atoms with Gasteiger partial charge in [0, 0.05) is 5.56 Å². The van der Waals surface area contributed by atoms with E-state index >= 15 is 0 Å². The average molecular weight is 260 g/mol. The Morgan fingerprint density at radius 3 is 2.11 bits per heavy atom. The van der Waals surface area contributed by atoms with Crippen LogP contribution in [0.4, 0.5) is 0 Å². The van der Waals surface area contributed by atoms with Crippen molar-refractivity contribution in [3.63, 3.8) is 0 Å². The van der Waals surface area contributed by atoms with Crippen molar-refractivity contribution < 1.29 is 25.2 Å². The van der Waals surface area contributed by atoms with Crippen LogP contribution in [0, 0.1) is 0 Å². The topological polar surface area (TPSA) is 98.0 Å². The lowest BCUT2D eigenvalue weighted by Gasteiger charge is -2.20. The Kier molecular flexibility index (Phi) is 3.25. The molecule has 2 rings (SSSR count). The van der Waals surface area contributed by atoms with Crippen LogP contribution in [0.1, 0.15) is 5.56 Å². The van der Waals surface area contributed by atoms with Gasteiger partial charge in [0.2, 0.25) is 0 Å². The van der Waals surface area contributed by atoms with E-state index < -0.39 is 11.8 Å². The normalized spacial score (nSPS) is 11.3. The van der Waals surface area contributed by atoms with E-state index in [0.717, 1.165) is 0 Å². The van der Waals surface area contributed by atoms with E-state index in [1.54, 1.807) is 24.3 Å². The smallest absolute Gasteiger partial charge is 0.369 e. The standard InChI is InChI=1S/C14H12O5/c15-10-7-5-9(6-8-10)11-3-1-2-4-12(11)14(18,19)13(16)17/h1-8,15,18-19H,(H,16,17). The van der Waals surface area contributed by atoms with Gasteiger partial charge in [-0.2, -0.15) is 0 Å². The van der Waals surface area contributed by atoms with Gasteiger partial charge in [-0.3, -0.25) is 0 Å². The Bertz CT molecular complexity index is 601. The average Bonchev–Trinajstić information content (AvgIpc) is 2.39. The van der Waals surface area contributed by atoms with Gasteiger partial charge in [0.05, 0.1) is 0 Å². The quantitative estimate of drug-likeness (QED) is 0.623. The number of hydrogen-bond donors (Lipinski definition) is 4. The highest BCUT2D eigenvalue weighted by Crippen LogP contribution is 2.31. The number of aliphatic hydroxyl groups is 2. The Balaban J connectivity index is 2.59. The summed E-state index contributed by atoms with van der Waals surface area (Å²) in [4.78, 5) is 10.9. The Morgan fingerprint density at radius 1 is 0.947 bits per heavy atom. The number of phenolic OH excluding ortho intramolecular Hbond substituents is 1. The lowest BCUT2D eigenvalue weighted by Crippen LogP contribution is -2.35. The largest absolute Gasteiger partial charge is 0.508 e. The fourth-order valence-electron chi connectivity index (χ4n) is 1.80. The highest BCUT2D eigenvalue weighted by atomic mass is 16.5. The fraction of sp³-hybridized carbons (Fsp3) is 0.0714. The van der Waals surface area contributed by atoms with E-state index in [1.165, 1.54) is 24.3 Å². The summed E-state index contributed by atoms with van der Waals surface area (Å²) in [6.45, 7) is 0. The molecule has 4 N–H and O–H groups in total. The van der Waals surface area contributed by atoms with Gasteiger partial charge in [-0.1, -0.05) is 36.4 Å². The highest BCUT2D eigenvalue weighted by molar-refractivity contribution is 5.82. The molecule has 0 bridgehead atoms. The van der Waals surface area contributed by atoms with E-state index in [0.29, 0.717) is 11.1 Å². The van der Waals surface area contributed by atoms with Crippen LogP contribution >= 0.6 is 0 Å². The molecule has 0 saturated heterocycles. The summed E-state index contributed by atoms with van der Waals surface area (Å²) in [7, 11) is 0. The molecule has 0 heterocycles. The Hall–Kier alpha value is -2.37. The number of aliphatic carboxylic acids is 1. The van der Waals surface area contributed by atoms with Gasteiger partial charge >= 0.3 is 5.97 Å². The monoisotopic (exact) mass is 260 g/mol. The van der Waals surface area contributed by atoms with Crippen LogP contribution < -0.4 is 0 Å². The third-order valence-electron chi connectivity index (χ3n) is 2.78. The summed E-state index contributed by atoms with van der Waals surface area (Å²) >= 11 is 0. The zero-order valence-corrected chi connectivity index (χ0v) is 9.82. The van der Waals surface area contributed by atoms with Crippen LogP contribution in [0.5, 0.6) is 5.75 Å². The maximum atomic E-state index is 10.9. The molecule has 0 fully saturated rings. The minimum Gasteiger partial charge on any atom is -0.508 e. The second-order valence-electron chi connectivity index (χ2n) is 4.07. The van der Waals surface area contributed by atoms with Crippen molar-refractivity contribution >= 4 is 5.97 Å². The number of carbonyl (C=O) groups is 1. The number of aromatic hydroxyl groups is 1. The van der Waals surface area contributed by atoms with E-state index in [2.05, 4.69) is 0 Å². The van der Waals surface area contributed by atoms with Crippen molar-refractivity contribution in [2.45, 2.75) is 5.79 Å². The third-order valence-corrected chi connectivity index (χ3v) is 2.78. The van der Waals surface area contributed by atoms with Crippen LogP contribution in [0.3, 0.4) is 0 Å². The number of hydrogen-bond acceptors (Lipinski definition) is 4. The summed E-state index contributed by atoms with van der Waals surface area (Å²) in [6, 6.07) is 12.1. The van der Waals surface area contributed by atoms with Crippen LogP contribution in [0.25, 0.3) is 11.1 Å². The number of rotatable bonds is 3. The first-order valence-corrected chi connectivity index (χ1v) is 5.50. The first kappa shape index (κ1) is 13.1. The molecule has 0 aliphatic heterocycles. The summed E-state index contributed by atoms with van der Waals surface area (Å²) < 4.78 is 0. The van der Waals surface area contributed by atoms with Crippen molar-refractivity contribution in [1.82, 2.24) is 0 Å². The minimum absolute atomic E-state index is 0.0683. The molecule has 0 radical (unpaired) electrons. The third kappa shape index (κ3) is 2.42. The van der Waals surface area contributed by atoms with Crippen LogP contribution in [-0.4, -0.2) is 26.4 Å². The summed E-state index contributed by atoms with van der Waals surface area (Å²) in [6.07, 6.45) is 0. The molecule has 5 nitrogen and oxygen atoms in total. The summed E-state index contributed by atoms with van der Waals surface area (Å²) in [5.41, 5.74) is 0.810. The van der Waals surface area contributed by atoms with E-state index in [-0.39, 0.29) is 11.3 Å². The molecule has 5 heteroatoms. The van der Waals surface area contributed by atoms with E-state index in [1.807, 2.05) is 0 Å². The predicted molar refractivity (Wildman–Crippen MR) is 67.3 cm³/mol. The molecule has 0 aromatic heterocycles. The van der Waals surface area contributed by atoms with E-state index in [4.69, 9.17) is 5.11 Å². The fourth-order valence-corrected chi connectivity index (χ4v) is 1.80. The number of phenols is 1. The second kappa shape index (κ2) is 4.72. The van der Waals surface area contributed by atoms with Gasteiger partial charge in [0.15, 0.2) is 0 Å². The zero-order valence-electron chi connectivity index (χ0n) is 9.82. The van der Waals surface area contributed by atoms with Gasteiger partial charge in [-0.25, -0.2) is 4.79 Å². The number of carboxylic acid groups (broad SMARTS) is 1. The molecule has 2 aromatic rings. The molecule has 0 aliphatic rings. The van der Waals surface area contributed by atoms with Crippen molar-refractivity contribution in [3.8, 4) is 16.9 Å². The molecule has 0 amide bonds. The highest BCUT2D eigenvalue weighted by Gasteiger charge is 2.37. The molecule has 19 heavy (non-hydrogen) atoms. The van der Waals surface area contributed by atoms with Crippen LogP contribution in [0.15, 0.2) is 48.5 Å². The predicted octanol–water partition coefficient (Wildman–Crippen LogP) is 1.28. The molecular weight excluding hydrogens is 248 g/mol. The SMILES string of the molecule is O=C(O)C(O)(O)c1ccccc1-c1ccc(O)cc1. The lowest BCUT2D eigenvalue weighted by molar-refractivity contribution is -0.207. The minimum atomic E-state index is -2.96. The van der Waals surface area contributed by atoms with Crippen LogP contribution in [0.2, 0.25) is 0 Å². The molecule has 0 unspecified atom stereocenters.